The Morgan fingerprint density at radius 3 is 2.56 bits per heavy atom. The fourth-order valence-electron chi connectivity index (χ4n) is 1.48. The van der Waals surface area contributed by atoms with Gasteiger partial charge in [-0.25, -0.2) is 0 Å². The molecule has 0 fully saturated rings. The average molecular weight is 237 g/mol. The predicted molar refractivity (Wildman–Crippen MR) is 75.0 cm³/mol. The van der Waals surface area contributed by atoms with Crippen LogP contribution in [-0.2, 0) is 6.42 Å². The molecule has 1 aromatic rings. The van der Waals surface area contributed by atoms with Crippen LogP contribution in [0.15, 0.2) is 24.3 Å². The highest BCUT2D eigenvalue weighted by Gasteiger charge is 2.14. The quantitative estimate of drug-likeness (QED) is 0.862. The Bertz CT molecular complexity index is 328. The summed E-state index contributed by atoms with van der Waals surface area (Å²) in [7, 11) is 0. The van der Waals surface area contributed by atoms with Crippen LogP contribution in [0.1, 0.15) is 44.9 Å². The minimum absolute atomic E-state index is 0.149. The Labute approximate surface area is 104 Å². The summed E-state index contributed by atoms with van der Waals surface area (Å²) >= 11 is 1.92. The molecule has 90 valence electrons. The lowest BCUT2D eigenvalue weighted by Gasteiger charge is -2.21. The van der Waals surface area contributed by atoms with Crippen LogP contribution in [0.4, 0.5) is 0 Å². The van der Waals surface area contributed by atoms with Gasteiger partial charge in [0.1, 0.15) is 0 Å². The molecule has 1 aromatic carbocycles. The molecule has 0 heterocycles. The van der Waals surface area contributed by atoms with Gasteiger partial charge in [-0.1, -0.05) is 52.0 Å². The maximum atomic E-state index is 6.20. The van der Waals surface area contributed by atoms with Crippen molar-refractivity contribution in [2.45, 2.75) is 44.9 Å². The van der Waals surface area contributed by atoms with E-state index < -0.39 is 0 Å². The molecule has 2 heteroatoms. The average Bonchev–Trinajstić information content (AvgIpc) is 2.25. The molecule has 0 aliphatic rings. The summed E-state index contributed by atoms with van der Waals surface area (Å²) in [4.78, 5) is 0. The molecule has 1 unspecified atom stereocenters. The summed E-state index contributed by atoms with van der Waals surface area (Å²) in [5, 5.41) is 0. The van der Waals surface area contributed by atoms with Crippen LogP contribution in [0.3, 0.4) is 0 Å². The van der Waals surface area contributed by atoms with Crippen LogP contribution in [0.2, 0.25) is 0 Å². The Balaban J connectivity index is 2.62. The Morgan fingerprint density at radius 1 is 1.31 bits per heavy atom. The van der Waals surface area contributed by atoms with Gasteiger partial charge in [0.2, 0.25) is 0 Å². The van der Waals surface area contributed by atoms with Crippen molar-refractivity contribution in [2.24, 2.45) is 5.73 Å². The van der Waals surface area contributed by atoms with E-state index in [9.17, 15) is 0 Å². The highest BCUT2D eigenvalue weighted by molar-refractivity contribution is 8.00. The van der Waals surface area contributed by atoms with Gasteiger partial charge in [0, 0.05) is 16.5 Å². The lowest BCUT2D eigenvalue weighted by Crippen LogP contribution is -2.18. The molecule has 0 saturated carbocycles. The minimum atomic E-state index is 0.149. The number of nitrogens with two attached hydrogens (primary N) is 1. The van der Waals surface area contributed by atoms with E-state index in [1.54, 1.807) is 0 Å². The van der Waals surface area contributed by atoms with Crippen molar-refractivity contribution < 1.29 is 0 Å². The molecule has 2 N–H and O–H groups in total. The maximum absolute atomic E-state index is 6.20. The summed E-state index contributed by atoms with van der Waals surface area (Å²) in [5.74, 6) is 0.983. The van der Waals surface area contributed by atoms with Crippen LogP contribution >= 0.6 is 11.8 Å². The van der Waals surface area contributed by atoms with Crippen LogP contribution in [0.5, 0.6) is 0 Å². The van der Waals surface area contributed by atoms with Crippen molar-refractivity contribution >= 4 is 11.8 Å². The van der Waals surface area contributed by atoms with E-state index in [4.69, 9.17) is 5.73 Å². The molecular formula is C14H23NS. The minimum Gasteiger partial charge on any atom is -0.323 e. The molecule has 0 radical (unpaired) electrons. The monoisotopic (exact) mass is 237 g/mol. The van der Waals surface area contributed by atoms with Gasteiger partial charge in [-0.3, -0.25) is 0 Å². The van der Waals surface area contributed by atoms with Crippen molar-refractivity contribution in [1.82, 2.24) is 0 Å². The lowest BCUT2D eigenvalue weighted by molar-refractivity contribution is 0.778. The van der Waals surface area contributed by atoms with Gasteiger partial charge in [-0.2, -0.15) is 11.8 Å². The molecule has 1 atom stereocenters. The molecule has 1 nitrogen and oxygen atoms in total. The number of rotatable bonds is 4. The third kappa shape index (κ3) is 4.58. The van der Waals surface area contributed by atoms with E-state index in [1.165, 1.54) is 11.1 Å². The maximum Gasteiger partial charge on any atom is 0.0387 e. The van der Waals surface area contributed by atoms with Gasteiger partial charge in [-0.05, 0) is 17.5 Å². The highest BCUT2D eigenvalue weighted by Crippen LogP contribution is 2.27. The molecule has 1 rings (SSSR count). The van der Waals surface area contributed by atoms with Crippen molar-refractivity contribution in [2.75, 3.05) is 5.75 Å². The first-order valence-corrected chi connectivity index (χ1v) is 6.89. The normalized spacial score (nSPS) is 13.8. The second kappa shape index (κ2) is 5.74. The smallest absolute Gasteiger partial charge is 0.0387 e. The summed E-state index contributed by atoms with van der Waals surface area (Å²) in [5.41, 5.74) is 8.83. The first-order chi connectivity index (χ1) is 7.42. The largest absolute Gasteiger partial charge is 0.323 e. The number of benzene rings is 1. The van der Waals surface area contributed by atoms with E-state index in [1.807, 2.05) is 11.8 Å². The molecule has 0 aromatic heterocycles. The molecule has 0 saturated heterocycles. The summed E-state index contributed by atoms with van der Waals surface area (Å²) in [6.45, 7) is 8.86. The van der Waals surface area contributed by atoms with Crippen LogP contribution < -0.4 is 5.73 Å². The topological polar surface area (TPSA) is 26.0 Å². The molecule has 16 heavy (non-hydrogen) atoms. The molecule has 0 aliphatic heterocycles. The zero-order chi connectivity index (χ0) is 12.2. The van der Waals surface area contributed by atoms with Crippen LogP contribution in [0.25, 0.3) is 0 Å². The third-order valence-electron chi connectivity index (χ3n) is 2.48. The first-order valence-electron chi connectivity index (χ1n) is 5.91. The Kier molecular flexibility index (Phi) is 4.88. The molecule has 0 amide bonds. The van der Waals surface area contributed by atoms with E-state index in [0.717, 1.165) is 12.2 Å². The highest BCUT2D eigenvalue weighted by atomic mass is 32.2. The molecule has 0 bridgehead atoms. The van der Waals surface area contributed by atoms with Gasteiger partial charge >= 0.3 is 0 Å². The number of thioether (sulfide) groups is 1. The van der Waals surface area contributed by atoms with Gasteiger partial charge in [0.25, 0.3) is 0 Å². The zero-order valence-corrected chi connectivity index (χ0v) is 11.6. The second-order valence-corrected chi connectivity index (χ2v) is 6.98. The van der Waals surface area contributed by atoms with Crippen LogP contribution in [-0.4, -0.2) is 10.5 Å². The fourth-order valence-corrected chi connectivity index (χ4v) is 2.35. The SMILES string of the molecule is CCc1cccc(C(N)CSC(C)(C)C)c1. The zero-order valence-electron chi connectivity index (χ0n) is 10.8. The molecule has 0 spiro atoms. The number of hydrogen-bond donors (Lipinski definition) is 1. The second-order valence-electron chi connectivity index (χ2n) is 5.13. The van der Waals surface area contributed by atoms with E-state index in [0.29, 0.717) is 4.75 Å². The number of hydrogen-bond acceptors (Lipinski definition) is 2. The van der Waals surface area contributed by atoms with E-state index in [-0.39, 0.29) is 6.04 Å². The van der Waals surface area contributed by atoms with Crippen molar-refractivity contribution in [3.8, 4) is 0 Å². The summed E-state index contributed by atoms with van der Waals surface area (Å²) in [6.07, 6.45) is 1.08. The first kappa shape index (κ1) is 13.6. The summed E-state index contributed by atoms with van der Waals surface area (Å²) in [6, 6.07) is 8.78. The molecular weight excluding hydrogens is 214 g/mol. The third-order valence-corrected chi connectivity index (χ3v) is 3.88. The standard InChI is InChI=1S/C14H23NS/c1-5-11-7-6-8-12(9-11)13(15)10-16-14(2,3)4/h6-9,13H,5,10,15H2,1-4H3. The lowest BCUT2D eigenvalue weighted by atomic mass is 10.0. The Hall–Kier alpha value is -0.470. The molecule has 0 aliphatic carbocycles. The van der Waals surface area contributed by atoms with E-state index >= 15 is 0 Å². The van der Waals surface area contributed by atoms with Gasteiger partial charge < -0.3 is 5.73 Å². The van der Waals surface area contributed by atoms with Crippen molar-refractivity contribution in [1.29, 1.82) is 0 Å². The summed E-state index contributed by atoms with van der Waals surface area (Å²) < 4.78 is 0.292. The van der Waals surface area contributed by atoms with Gasteiger partial charge in [0.05, 0.1) is 0 Å². The van der Waals surface area contributed by atoms with Crippen molar-refractivity contribution in [3.63, 3.8) is 0 Å². The number of aryl methyl sites for hydroxylation is 1. The predicted octanol–water partition coefficient (Wildman–Crippen LogP) is 3.78. The van der Waals surface area contributed by atoms with Crippen molar-refractivity contribution in [3.05, 3.63) is 35.4 Å². The van der Waals surface area contributed by atoms with E-state index in [2.05, 4.69) is 52.0 Å². The van der Waals surface area contributed by atoms with Gasteiger partial charge in [0.15, 0.2) is 0 Å². The van der Waals surface area contributed by atoms with Gasteiger partial charge in [-0.15, -0.1) is 0 Å². The Morgan fingerprint density at radius 2 is 2.00 bits per heavy atom. The fraction of sp³-hybridized carbons (Fsp3) is 0.571. The van der Waals surface area contributed by atoms with Crippen LogP contribution in [0, 0.1) is 0 Å².